The van der Waals surface area contributed by atoms with E-state index >= 15 is 0 Å². The molecular formula is C31H42N4O7S2. The van der Waals surface area contributed by atoms with Gasteiger partial charge in [0.1, 0.15) is 11.6 Å². The Morgan fingerprint density at radius 2 is 1.86 bits per heavy atom. The first-order valence-corrected chi connectivity index (χ1v) is 17.0. The highest BCUT2D eigenvalue weighted by Gasteiger charge is 2.34. The maximum absolute atomic E-state index is 14.0. The van der Waals surface area contributed by atoms with E-state index in [1.807, 2.05) is 44.2 Å². The smallest absolute Gasteiger partial charge is 0.407 e. The van der Waals surface area contributed by atoms with E-state index in [1.54, 1.807) is 37.8 Å². The number of anilines is 1. The zero-order chi connectivity index (χ0) is 32.2. The van der Waals surface area contributed by atoms with Crippen LogP contribution >= 0.6 is 11.3 Å². The Morgan fingerprint density at radius 3 is 2.50 bits per heavy atom. The molecule has 1 aromatic heterocycles. The van der Waals surface area contributed by atoms with Crippen molar-refractivity contribution in [2.75, 3.05) is 24.5 Å². The van der Waals surface area contributed by atoms with Gasteiger partial charge in [0.05, 0.1) is 27.3 Å². The number of ether oxygens (including phenoxy) is 1. The van der Waals surface area contributed by atoms with Crippen molar-refractivity contribution in [2.24, 2.45) is 5.92 Å². The molecule has 1 aliphatic rings. The van der Waals surface area contributed by atoms with E-state index in [1.165, 1.54) is 21.7 Å². The fourth-order valence-corrected chi connectivity index (χ4v) is 8.01. The Kier molecular flexibility index (Phi) is 10.5. The molecule has 1 saturated heterocycles. The minimum atomic E-state index is -4.08. The number of amides is 1. The molecule has 1 aliphatic heterocycles. The van der Waals surface area contributed by atoms with Crippen molar-refractivity contribution in [1.82, 2.24) is 14.6 Å². The molecule has 13 heteroatoms. The molecular weight excluding hydrogens is 604 g/mol. The summed E-state index contributed by atoms with van der Waals surface area (Å²) in [5.74, 6) is -0.954. The van der Waals surface area contributed by atoms with Gasteiger partial charge in [-0.25, -0.2) is 23.0 Å². The number of hydrogen-bond acceptors (Lipinski definition) is 9. The van der Waals surface area contributed by atoms with E-state index < -0.39 is 45.9 Å². The maximum Gasteiger partial charge on any atom is 0.407 e. The molecule has 0 unspecified atom stereocenters. The number of carboxylic acid groups (broad SMARTS) is 1. The second-order valence-corrected chi connectivity index (χ2v) is 15.5. The third-order valence-corrected chi connectivity index (χ3v) is 10.1. The molecule has 2 heterocycles. The molecule has 3 N–H and O–H groups in total. The van der Waals surface area contributed by atoms with Gasteiger partial charge < -0.3 is 25.2 Å². The SMILES string of the molecule is CC(C)CN(C[C@@H](O)[C@H](Cc1ccccc1)NC(=O)OC(C)(C)C)S(=O)(=O)c1ccc2nc(N3CCC[C@@H]3C(=O)O)sc2c1. The lowest BCUT2D eigenvalue weighted by atomic mass is 10.0. The zero-order valence-corrected chi connectivity index (χ0v) is 27.4. The Hall–Kier alpha value is -3.26. The quantitative estimate of drug-likeness (QED) is 0.259. The number of benzene rings is 2. The molecule has 3 atom stereocenters. The van der Waals surface area contributed by atoms with Gasteiger partial charge in [0.15, 0.2) is 5.13 Å². The number of alkyl carbamates (subject to hydrolysis) is 1. The molecule has 0 radical (unpaired) electrons. The fourth-order valence-electron chi connectivity index (χ4n) is 5.20. The summed E-state index contributed by atoms with van der Waals surface area (Å²) >= 11 is 1.26. The molecule has 0 bridgehead atoms. The highest BCUT2D eigenvalue weighted by Crippen LogP contribution is 2.35. The average molecular weight is 647 g/mol. The molecule has 0 spiro atoms. The highest BCUT2D eigenvalue weighted by atomic mass is 32.2. The Balaban J connectivity index is 1.60. The van der Waals surface area contributed by atoms with Crippen molar-refractivity contribution in [1.29, 1.82) is 0 Å². The minimum absolute atomic E-state index is 0.0453. The number of fused-ring (bicyclic) bond motifs is 1. The zero-order valence-electron chi connectivity index (χ0n) is 25.8. The normalized spacial score (nSPS) is 17.3. The Morgan fingerprint density at radius 1 is 1.16 bits per heavy atom. The number of thiazole rings is 1. The number of carbonyl (C=O) groups excluding carboxylic acids is 1. The van der Waals surface area contributed by atoms with Crippen molar-refractivity contribution in [3.8, 4) is 0 Å². The van der Waals surface area contributed by atoms with E-state index in [9.17, 15) is 28.2 Å². The van der Waals surface area contributed by atoms with Crippen molar-refractivity contribution in [2.45, 2.75) is 82.6 Å². The summed E-state index contributed by atoms with van der Waals surface area (Å²) in [6.07, 6.45) is -0.415. The summed E-state index contributed by atoms with van der Waals surface area (Å²) in [7, 11) is -4.08. The number of nitrogens with zero attached hydrogens (tertiary/aromatic N) is 3. The number of sulfonamides is 1. The van der Waals surface area contributed by atoms with Crippen molar-refractivity contribution >= 4 is 48.8 Å². The van der Waals surface area contributed by atoms with Gasteiger partial charge >= 0.3 is 12.1 Å². The molecule has 4 rings (SSSR count). The van der Waals surface area contributed by atoms with Crippen LogP contribution in [0.1, 0.15) is 53.0 Å². The van der Waals surface area contributed by atoms with Crippen LogP contribution in [0.4, 0.5) is 9.93 Å². The Bertz CT molecular complexity index is 1550. The molecule has 240 valence electrons. The summed E-state index contributed by atoms with van der Waals surface area (Å²) in [6.45, 7) is 9.47. The third-order valence-electron chi connectivity index (χ3n) is 7.19. The topological polar surface area (TPSA) is 149 Å². The number of aromatic nitrogens is 1. The number of aliphatic carboxylic acids is 1. The molecule has 3 aromatic rings. The van der Waals surface area contributed by atoms with Crippen LogP contribution in [0, 0.1) is 5.92 Å². The standard InChI is InChI=1S/C31H42N4O7S2/c1-20(2)18-34(19-26(36)24(16-21-10-7-6-8-11-21)33-30(39)42-31(3,4)5)44(40,41)22-13-14-23-27(17-22)43-29(32-23)35-15-9-12-25(35)28(37)38/h6-8,10-11,13-14,17,20,24-26,36H,9,12,15-16,18-19H2,1-5H3,(H,33,39)(H,37,38)/t24-,25+,26+/m0/s1. The highest BCUT2D eigenvalue weighted by molar-refractivity contribution is 7.89. The van der Waals surface area contributed by atoms with E-state index in [0.29, 0.717) is 28.3 Å². The van der Waals surface area contributed by atoms with Crippen molar-refractivity contribution < 1.29 is 33.0 Å². The molecule has 1 amide bonds. The summed E-state index contributed by atoms with van der Waals surface area (Å²) in [6, 6.07) is 12.5. The lowest BCUT2D eigenvalue weighted by Gasteiger charge is -2.31. The van der Waals surface area contributed by atoms with Gasteiger partial charge in [-0.1, -0.05) is 55.5 Å². The summed E-state index contributed by atoms with van der Waals surface area (Å²) < 4.78 is 35.4. The van der Waals surface area contributed by atoms with Crippen LogP contribution in [0.5, 0.6) is 0 Å². The average Bonchev–Trinajstić information content (AvgIpc) is 3.58. The number of aliphatic hydroxyl groups is 1. The predicted molar refractivity (Wildman–Crippen MR) is 171 cm³/mol. The lowest BCUT2D eigenvalue weighted by Crippen LogP contribution is -2.51. The van der Waals surface area contributed by atoms with E-state index in [0.717, 1.165) is 12.0 Å². The molecule has 0 aliphatic carbocycles. The first-order valence-electron chi connectivity index (χ1n) is 14.8. The second kappa shape index (κ2) is 13.8. The van der Waals surface area contributed by atoms with Crippen LogP contribution in [-0.4, -0.2) is 83.4 Å². The monoisotopic (exact) mass is 646 g/mol. The lowest BCUT2D eigenvalue weighted by molar-refractivity contribution is -0.138. The van der Waals surface area contributed by atoms with E-state index in [-0.39, 0.29) is 30.3 Å². The summed E-state index contributed by atoms with van der Waals surface area (Å²) in [4.78, 5) is 30.8. The van der Waals surface area contributed by atoms with Gasteiger partial charge in [0.2, 0.25) is 10.0 Å². The van der Waals surface area contributed by atoms with E-state index in [4.69, 9.17) is 4.74 Å². The molecule has 0 saturated carbocycles. The third kappa shape index (κ3) is 8.46. The molecule has 1 fully saturated rings. The van der Waals surface area contributed by atoms with Gasteiger partial charge in [-0.3, -0.25) is 0 Å². The minimum Gasteiger partial charge on any atom is -0.480 e. The van der Waals surface area contributed by atoms with Gasteiger partial charge in [0, 0.05) is 19.6 Å². The predicted octanol–water partition coefficient (Wildman–Crippen LogP) is 4.49. The second-order valence-electron chi connectivity index (χ2n) is 12.5. The van der Waals surface area contributed by atoms with Gasteiger partial charge in [-0.2, -0.15) is 4.31 Å². The van der Waals surface area contributed by atoms with Gasteiger partial charge in [-0.15, -0.1) is 0 Å². The number of carbonyl (C=O) groups is 2. The largest absolute Gasteiger partial charge is 0.480 e. The maximum atomic E-state index is 14.0. The fraction of sp³-hybridized carbons (Fsp3) is 0.516. The van der Waals surface area contributed by atoms with E-state index in [2.05, 4.69) is 10.3 Å². The number of carboxylic acids is 1. The van der Waals surface area contributed by atoms with Crippen LogP contribution in [-0.2, 0) is 26.0 Å². The number of aliphatic hydroxyl groups excluding tert-OH is 1. The number of rotatable bonds is 12. The van der Waals surface area contributed by atoms with Crippen LogP contribution in [0.2, 0.25) is 0 Å². The van der Waals surface area contributed by atoms with Crippen LogP contribution < -0.4 is 10.2 Å². The van der Waals surface area contributed by atoms with Crippen LogP contribution in [0.3, 0.4) is 0 Å². The van der Waals surface area contributed by atoms with Gasteiger partial charge in [-0.05, 0) is 69.7 Å². The molecule has 2 aromatic carbocycles. The molecule has 11 nitrogen and oxygen atoms in total. The number of nitrogens with one attached hydrogen (secondary N) is 1. The first-order chi connectivity index (χ1) is 20.6. The Labute approximate surface area is 262 Å². The summed E-state index contributed by atoms with van der Waals surface area (Å²) in [5, 5.41) is 24.3. The van der Waals surface area contributed by atoms with Gasteiger partial charge in [0.25, 0.3) is 0 Å². The van der Waals surface area contributed by atoms with Crippen molar-refractivity contribution in [3.05, 3.63) is 54.1 Å². The number of hydrogen-bond donors (Lipinski definition) is 3. The summed E-state index contributed by atoms with van der Waals surface area (Å²) in [5.41, 5.74) is 0.693. The molecule has 44 heavy (non-hydrogen) atoms. The first kappa shape index (κ1) is 33.6. The van der Waals surface area contributed by atoms with Crippen LogP contribution in [0.25, 0.3) is 10.2 Å². The van der Waals surface area contributed by atoms with Crippen molar-refractivity contribution in [3.63, 3.8) is 0 Å². The van der Waals surface area contributed by atoms with Crippen LogP contribution in [0.15, 0.2) is 53.4 Å².